The van der Waals surface area contributed by atoms with Crippen LogP contribution in [0.3, 0.4) is 0 Å². The third-order valence-corrected chi connectivity index (χ3v) is 3.79. The second-order valence-corrected chi connectivity index (χ2v) is 6.25. The lowest BCUT2D eigenvalue weighted by atomic mass is 9.89. The molecule has 2 aliphatic heterocycles. The van der Waals surface area contributed by atoms with E-state index in [1.165, 1.54) is 0 Å². The molecule has 1 unspecified atom stereocenters. The molecule has 0 aromatic heterocycles. The molecule has 5 nitrogen and oxygen atoms in total. The molecule has 2 fully saturated rings. The molecule has 118 valence electrons. The van der Waals surface area contributed by atoms with Crippen molar-refractivity contribution in [3.8, 4) is 0 Å². The molecule has 2 rings (SSSR count). The number of nitrogens with one attached hydrogen (secondary N) is 2. The number of rotatable bonds is 5. The van der Waals surface area contributed by atoms with Crippen molar-refractivity contribution in [3.05, 3.63) is 0 Å². The number of hydrogen-bond donors (Lipinski definition) is 2. The summed E-state index contributed by atoms with van der Waals surface area (Å²) in [5.41, 5.74) is 0.176. The second kappa shape index (κ2) is 7.79. The van der Waals surface area contributed by atoms with E-state index in [4.69, 9.17) is 9.47 Å². The minimum Gasteiger partial charge on any atom is -0.380 e. The van der Waals surface area contributed by atoms with Gasteiger partial charge in [-0.1, -0.05) is 6.92 Å². The van der Waals surface area contributed by atoms with Gasteiger partial charge in [-0.2, -0.15) is 0 Å². The largest absolute Gasteiger partial charge is 0.380 e. The topological polar surface area (TPSA) is 54.9 Å². The molecule has 1 atom stereocenters. The van der Waals surface area contributed by atoms with Gasteiger partial charge in [0.25, 0.3) is 0 Å². The highest BCUT2D eigenvalue weighted by Crippen LogP contribution is 2.26. The van der Waals surface area contributed by atoms with Crippen LogP contribution in [-0.2, 0) is 9.47 Å². The number of halogens is 1. The first-order chi connectivity index (χ1) is 9.05. The number of ether oxygens (including phenoxy) is 2. The predicted molar refractivity (Wildman–Crippen MR) is 91.9 cm³/mol. The van der Waals surface area contributed by atoms with Crippen LogP contribution in [0.25, 0.3) is 0 Å². The van der Waals surface area contributed by atoms with Gasteiger partial charge in [-0.3, -0.25) is 4.99 Å². The molecule has 6 heteroatoms. The molecule has 2 aliphatic rings. The highest BCUT2D eigenvalue weighted by atomic mass is 127. The van der Waals surface area contributed by atoms with E-state index in [-0.39, 0.29) is 35.0 Å². The fourth-order valence-corrected chi connectivity index (χ4v) is 2.40. The van der Waals surface area contributed by atoms with Crippen LogP contribution < -0.4 is 10.6 Å². The van der Waals surface area contributed by atoms with E-state index < -0.39 is 0 Å². The first-order valence-corrected chi connectivity index (χ1v) is 7.29. The normalized spacial score (nSPS) is 28.4. The Balaban J connectivity index is 0.00000200. The summed E-state index contributed by atoms with van der Waals surface area (Å²) in [4.78, 5) is 4.66. The molecule has 2 heterocycles. The van der Waals surface area contributed by atoms with Crippen molar-refractivity contribution < 1.29 is 9.47 Å². The van der Waals surface area contributed by atoms with E-state index in [0.717, 1.165) is 58.3 Å². The minimum atomic E-state index is -0.0420. The molecule has 0 aromatic rings. The van der Waals surface area contributed by atoms with Crippen molar-refractivity contribution in [2.24, 2.45) is 10.4 Å². The fraction of sp³-hybridized carbons (Fsp3) is 0.929. The lowest BCUT2D eigenvalue weighted by Gasteiger charge is -2.36. The predicted octanol–water partition coefficient (Wildman–Crippen LogP) is 1.77. The molecule has 0 amide bonds. The second-order valence-electron chi connectivity index (χ2n) is 6.25. The van der Waals surface area contributed by atoms with E-state index in [1.807, 2.05) is 0 Å². The van der Waals surface area contributed by atoms with Crippen molar-refractivity contribution in [3.63, 3.8) is 0 Å². The van der Waals surface area contributed by atoms with Gasteiger partial charge >= 0.3 is 0 Å². The third kappa shape index (κ3) is 5.04. The summed E-state index contributed by atoms with van der Waals surface area (Å²) >= 11 is 0. The summed E-state index contributed by atoms with van der Waals surface area (Å²) in [5, 5.41) is 6.68. The molecule has 0 bridgehead atoms. The van der Waals surface area contributed by atoms with Crippen molar-refractivity contribution in [1.82, 2.24) is 10.6 Å². The van der Waals surface area contributed by atoms with Crippen LogP contribution in [0.2, 0.25) is 0 Å². The zero-order valence-corrected chi connectivity index (χ0v) is 15.2. The van der Waals surface area contributed by atoms with Crippen LogP contribution in [0.15, 0.2) is 4.99 Å². The van der Waals surface area contributed by atoms with Crippen molar-refractivity contribution in [1.29, 1.82) is 0 Å². The average Bonchev–Trinajstić information content (AvgIpc) is 2.78. The van der Waals surface area contributed by atoms with Gasteiger partial charge < -0.3 is 20.1 Å². The average molecular weight is 397 g/mol. The quantitative estimate of drug-likeness (QED) is 0.422. The lowest BCUT2D eigenvalue weighted by Crippen LogP contribution is -2.47. The summed E-state index contributed by atoms with van der Waals surface area (Å²) in [7, 11) is 0. The maximum atomic E-state index is 5.78. The molecular formula is C14H28IN3O2. The maximum absolute atomic E-state index is 5.78. The Labute approximate surface area is 139 Å². The summed E-state index contributed by atoms with van der Waals surface area (Å²) in [6, 6.07) is 0. The smallest absolute Gasteiger partial charge is 0.191 e. The van der Waals surface area contributed by atoms with Gasteiger partial charge in [-0.15, -0.1) is 24.0 Å². The number of aliphatic imine (C=N–C) groups is 1. The van der Waals surface area contributed by atoms with Crippen LogP contribution >= 0.6 is 24.0 Å². The molecule has 0 spiro atoms. The van der Waals surface area contributed by atoms with Gasteiger partial charge in [0.2, 0.25) is 0 Å². The Hall–Kier alpha value is -0.0800. The Bertz CT molecular complexity index is 326. The van der Waals surface area contributed by atoms with Crippen LogP contribution in [0.4, 0.5) is 0 Å². The van der Waals surface area contributed by atoms with E-state index in [9.17, 15) is 0 Å². The molecule has 2 N–H and O–H groups in total. The zero-order chi connectivity index (χ0) is 13.8. The Kier molecular flexibility index (Phi) is 7.00. The molecular weight excluding hydrogens is 369 g/mol. The van der Waals surface area contributed by atoms with Crippen LogP contribution in [0.1, 0.15) is 33.6 Å². The highest BCUT2D eigenvalue weighted by Gasteiger charge is 2.33. The summed E-state index contributed by atoms with van der Waals surface area (Å²) in [5.74, 6) is 0.882. The van der Waals surface area contributed by atoms with Crippen LogP contribution in [0, 0.1) is 5.41 Å². The van der Waals surface area contributed by atoms with E-state index >= 15 is 0 Å². The number of hydrogen-bond acceptors (Lipinski definition) is 3. The maximum Gasteiger partial charge on any atom is 0.191 e. The van der Waals surface area contributed by atoms with Crippen molar-refractivity contribution >= 4 is 29.9 Å². The standard InChI is InChI=1S/C14H27N3O2.HI/c1-4-15-12(16-8-13(2)10-18-11-13)17-9-14(3)6-5-7-19-14;/h4-11H2,1-3H3,(H2,15,16,17);1H. The molecule has 0 aliphatic carbocycles. The SMILES string of the molecule is CCNC(=NCC1(C)COC1)NCC1(C)CCCO1.I. The minimum absolute atomic E-state index is 0. The van der Waals surface area contributed by atoms with Gasteiger partial charge in [0.1, 0.15) is 0 Å². The highest BCUT2D eigenvalue weighted by molar-refractivity contribution is 14.0. The number of guanidine groups is 1. The summed E-state index contributed by atoms with van der Waals surface area (Å²) < 4.78 is 11.0. The Morgan fingerprint density at radius 3 is 2.50 bits per heavy atom. The zero-order valence-electron chi connectivity index (χ0n) is 12.8. The first-order valence-electron chi connectivity index (χ1n) is 7.29. The van der Waals surface area contributed by atoms with Crippen molar-refractivity contribution in [2.45, 2.75) is 39.2 Å². The molecule has 0 radical (unpaired) electrons. The number of nitrogens with zero attached hydrogens (tertiary/aromatic N) is 1. The molecule has 2 saturated heterocycles. The monoisotopic (exact) mass is 397 g/mol. The third-order valence-electron chi connectivity index (χ3n) is 3.79. The summed E-state index contributed by atoms with van der Waals surface area (Å²) in [6.45, 7) is 11.5. The van der Waals surface area contributed by atoms with Gasteiger partial charge in [-0.25, -0.2) is 0 Å². The van der Waals surface area contributed by atoms with Gasteiger partial charge in [-0.05, 0) is 26.7 Å². The van der Waals surface area contributed by atoms with E-state index in [1.54, 1.807) is 0 Å². The summed E-state index contributed by atoms with van der Waals surface area (Å²) in [6.07, 6.45) is 2.27. The first kappa shape index (κ1) is 18.0. The lowest BCUT2D eigenvalue weighted by molar-refractivity contribution is -0.0945. The van der Waals surface area contributed by atoms with E-state index in [0.29, 0.717) is 0 Å². The molecule has 0 aromatic carbocycles. The molecule has 20 heavy (non-hydrogen) atoms. The van der Waals surface area contributed by atoms with Crippen LogP contribution in [-0.4, -0.2) is 51.0 Å². The Morgan fingerprint density at radius 1 is 1.25 bits per heavy atom. The van der Waals surface area contributed by atoms with Gasteiger partial charge in [0.15, 0.2) is 5.96 Å². The van der Waals surface area contributed by atoms with Crippen molar-refractivity contribution in [2.75, 3.05) is 39.5 Å². The van der Waals surface area contributed by atoms with E-state index in [2.05, 4.69) is 36.4 Å². The Morgan fingerprint density at radius 2 is 2.00 bits per heavy atom. The van der Waals surface area contributed by atoms with Crippen LogP contribution in [0.5, 0.6) is 0 Å². The van der Waals surface area contributed by atoms with Gasteiger partial charge in [0, 0.05) is 25.1 Å². The fourth-order valence-electron chi connectivity index (χ4n) is 2.40. The van der Waals surface area contributed by atoms with Gasteiger partial charge in [0.05, 0.1) is 25.4 Å². The molecule has 0 saturated carbocycles.